The lowest BCUT2D eigenvalue weighted by molar-refractivity contribution is -0.123. The molecule has 0 aromatic heterocycles. The first kappa shape index (κ1) is 17.9. The first-order valence-electron chi connectivity index (χ1n) is 10.1. The third-order valence-corrected chi connectivity index (χ3v) is 6.47. The van der Waals surface area contributed by atoms with Gasteiger partial charge in [-0.05, 0) is 61.6 Å². The highest BCUT2D eigenvalue weighted by molar-refractivity contribution is 6.23. The molecule has 5 nitrogen and oxygen atoms in total. The minimum atomic E-state index is -0.215. The zero-order valence-electron chi connectivity index (χ0n) is 16.2. The number of benzene rings is 2. The smallest absolute Gasteiger partial charge is 0.258 e. The average Bonchev–Trinajstić information content (AvgIpc) is 3.43. The second-order valence-electron chi connectivity index (χ2n) is 7.94. The van der Waals surface area contributed by atoms with Gasteiger partial charge in [0, 0.05) is 17.8 Å². The number of para-hydroxylation sites is 1. The number of anilines is 2. The van der Waals surface area contributed by atoms with Crippen molar-refractivity contribution < 1.29 is 14.4 Å². The van der Waals surface area contributed by atoms with Gasteiger partial charge in [-0.3, -0.25) is 19.3 Å². The molecule has 5 heteroatoms. The quantitative estimate of drug-likeness (QED) is 0.595. The van der Waals surface area contributed by atoms with E-state index in [1.54, 1.807) is 29.2 Å². The molecule has 5 rings (SSSR count). The fraction of sp³-hybridized carbons (Fsp3) is 0.292. The molecule has 2 aromatic rings. The van der Waals surface area contributed by atoms with E-state index in [9.17, 15) is 14.4 Å². The van der Waals surface area contributed by atoms with E-state index in [0.717, 1.165) is 12.1 Å². The van der Waals surface area contributed by atoms with E-state index in [1.165, 1.54) is 4.90 Å². The van der Waals surface area contributed by atoms with Crippen LogP contribution >= 0.6 is 0 Å². The van der Waals surface area contributed by atoms with Gasteiger partial charge in [0.25, 0.3) is 5.91 Å². The molecule has 0 N–H and O–H groups in total. The molecule has 0 unspecified atom stereocenters. The van der Waals surface area contributed by atoms with Crippen molar-refractivity contribution in [3.8, 4) is 0 Å². The van der Waals surface area contributed by atoms with Crippen molar-refractivity contribution in [2.24, 2.45) is 23.7 Å². The van der Waals surface area contributed by atoms with Gasteiger partial charge < -0.3 is 4.90 Å². The SMILES string of the molecule is CCN(C(=O)c1ccc(N2C(=O)[C@H]3[C@H](C2=O)[C@H]2C=C[C@H]3C2)cc1)c1ccccc1. The Kier molecular flexibility index (Phi) is 4.12. The highest BCUT2D eigenvalue weighted by Gasteiger charge is 2.59. The molecule has 0 spiro atoms. The van der Waals surface area contributed by atoms with Gasteiger partial charge >= 0.3 is 0 Å². The van der Waals surface area contributed by atoms with Gasteiger partial charge in [0.05, 0.1) is 17.5 Å². The Hall–Kier alpha value is -3.21. The lowest BCUT2D eigenvalue weighted by atomic mass is 9.85. The summed E-state index contributed by atoms with van der Waals surface area (Å²) in [6.45, 7) is 2.48. The number of amides is 3. The van der Waals surface area contributed by atoms with Gasteiger partial charge in [0.15, 0.2) is 0 Å². The Morgan fingerprint density at radius 1 is 0.931 bits per heavy atom. The topological polar surface area (TPSA) is 57.7 Å². The van der Waals surface area contributed by atoms with Gasteiger partial charge in [-0.1, -0.05) is 30.4 Å². The molecule has 29 heavy (non-hydrogen) atoms. The van der Waals surface area contributed by atoms with E-state index in [-0.39, 0.29) is 41.4 Å². The zero-order valence-corrected chi connectivity index (χ0v) is 16.2. The number of imide groups is 1. The van der Waals surface area contributed by atoms with Crippen LogP contribution in [0.1, 0.15) is 23.7 Å². The third-order valence-electron chi connectivity index (χ3n) is 6.47. The van der Waals surface area contributed by atoms with Gasteiger partial charge in [-0.15, -0.1) is 0 Å². The van der Waals surface area contributed by atoms with Crippen LogP contribution in [-0.2, 0) is 9.59 Å². The summed E-state index contributed by atoms with van der Waals surface area (Å²) >= 11 is 0. The second-order valence-corrected chi connectivity index (χ2v) is 7.94. The van der Waals surface area contributed by atoms with Gasteiger partial charge in [0.2, 0.25) is 11.8 Å². The summed E-state index contributed by atoms with van der Waals surface area (Å²) in [5.41, 5.74) is 1.92. The van der Waals surface area contributed by atoms with Crippen LogP contribution in [0.5, 0.6) is 0 Å². The van der Waals surface area contributed by atoms with Crippen molar-refractivity contribution in [2.45, 2.75) is 13.3 Å². The molecule has 2 aromatic carbocycles. The number of hydrogen-bond donors (Lipinski definition) is 0. The summed E-state index contributed by atoms with van der Waals surface area (Å²) in [6.07, 6.45) is 5.09. The van der Waals surface area contributed by atoms with Gasteiger partial charge in [-0.25, -0.2) is 0 Å². The minimum Gasteiger partial charge on any atom is -0.309 e. The van der Waals surface area contributed by atoms with Crippen LogP contribution < -0.4 is 9.80 Å². The lowest BCUT2D eigenvalue weighted by Crippen LogP contribution is -2.33. The lowest BCUT2D eigenvalue weighted by Gasteiger charge is -2.22. The average molecular weight is 386 g/mol. The highest BCUT2D eigenvalue weighted by Crippen LogP contribution is 2.53. The number of carbonyl (C=O) groups is 3. The summed E-state index contributed by atoms with van der Waals surface area (Å²) in [4.78, 5) is 41.9. The van der Waals surface area contributed by atoms with E-state index in [4.69, 9.17) is 0 Å². The number of allylic oxidation sites excluding steroid dienone is 2. The number of carbonyl (C=O) groups excluding carboxylic acids is 3. The van der Waals surface area contributed by atoms with Gasteiger partial charge in [0.1, 0.15) is 0 Å². The van der Waals surface area contributed by atoms with E-state index in [1.807, 2.05) is 37.3 Å². The Morgan fingerprint density at radius 2 is 1.52 bits per heavy atom. The van der Waals surface area contributed by atoms with E-state index in [0.29, 0.717) is 17.8 Å². The molecule has 1 saturated carbocycles. The summed E-state index contributed by atoms with van der Waals surface area (Å²) in [6, 6.07) is 16.3. The van der Waals surface area contributed by atoms with Crippen LogP contribution in [0.3, 0.4) is 0 Å². The van der Waals surface area contributed by atoms with E-state index in [2.05, 4.69) is 12.2 Å². The molecule has 2 aliphatic carbocycles. The molecule has 1 saturated heterocycles. The van der Waals surface area contributed by atoms with E-state index < -0.39 is 0 Å². The first-order chi connectivity index (χ1) is 14.1. The van der Waals surface area contributed by atoms with Crippen molar-refractivity contribution in [1.82, 2.24) is 0 Å². The molecule has 2 fully saturated rings. The van der Waals surface area contributed by atoms with Crippen molar-refractivity contribution in [3.63, 3.8) is 0 Å². The van der Waals surface area contributed by atoms with Crippen LogP contribution in [0.25, 0.3) is 0 Å². The maximum absolute atomic E-state index is 13.0. The van der Waals surface area contributed by atoms with Crippen molar-refractivity contribution in [3.05, 3.63) is 72.3 Å². The Balaban J connectivity index is 1.39. The van der Waals surface area contributed by atoms with Crippen LogP contribution in [0.2, 0.25) is 0 Å². The number of hydrogen-bond acceptors (Lipinski definition) is 3. The number of rotatable bonds is 4. The maximum Gasteiger partial charge on any atom is 0.258 e. The number of fused-ring (bicyclic) bond motifs is 5. The fourth-order valence-corrected chi connectivity index (χ4v) is 5.12. The molecule has 2 bridgehead atoms. The Labute approximate surface area is 169 Å². The van der Waals surface area contributed by atoms with Crippen LogP contribution in [-0.4, -0.2) is 24.3 Å². The largest absolute Gasteiger partial charge is 0.309 e. The van der Waals surface area contributed by atoms with Gasteiger partial charge in [-0.2, -0.15) is 0 Å². The van der Waals surface area contributed by atoms with Crippen LogP contribution in [0.15, 0.2) is 66.7 Å². The highest BCUT2D eigenvalue weighted by atomic mass is 16.2. The van der Waals surface area contributed by atoms with Crippen molar-refractivity contribution in [2.75, 3.05) is 16.3 Å². The molecular weight excluding hydrogens is 364 g/mol. The monoisotopic (exact) mass is 386 g/mol. The molecule has 3 amide bonds. The standard InChI is InChI=1S/C24H22N2O3/c1-2-25(18-6-4-3-5-7-18)22(27)15-10-12-19(13-11-15)26-23(28)20-16-8-9-17(14-16)21(20)24(26)29/h3-13,16-17,20-21H,2,14H2,1H3/t16-,17-,20+,21+/m0/s1. The predicted octanol–water partition coefficient (Wildman–Crippen LogP) is 3.66. The van der Waals surface area contributed by atoms with E-state index >= 15 is 0 Å². The predicted molar refractivity (Wildman–Crippen MR) is 110 cm³/mol. The zero-order chi connectivity index (χ0) is 20.1. The molecule has 0 radical (unpaired) electrons. The summed E-state index contributed by atoms with van der Waals surface area (Å²) in [5.74, 6) is -0.359. The summed E-state index contributed by atoms with van der Waals surface area (Å²) in [7, 11) is 0. The van der Waals surface area contributed by atoms with Crippen molar-refractivity contribution in [1.29, 1.82) is 0 Å². The normalized spacial score (nSPS) is 26.9. The summed E-state index contributed by atoms with van der Waals surface area (Å²) < 4.78 is 0. The maximum atomic E-state index is 13.0. The third kappa shape index (κ3) is 2.64. The Morgan fingerprint density at radius 3 is 2.07 bits per heavy atom. The molecule has 146 valence electrons. The van der Waals surface area contributed by atoms with Crippen LogP contribution in [0.4, 0.5) is 11.4 Å². The molecule has 1 heterocycles. The fourth-order valence-electron chi connectivity index (χ4n) is 5.12. The minimum absolute atomic E-state index is 0.101. The molecule has 3 aliphatic rings. The van der Waals surface area contributed by atoms with Crippen LogP contribution in [0, 0.1) is 23.7 Å². The molecule has 1 aliphatic heterocycles. The summed E-state index contributed by atoms with van der Waals surface area (Å²) in [5, 5.41) is 0. The Bertz CT molecular complexity index is 982. The number of nitrogens with zero attached hydrogens (tertiary/aromatic N) is 2. The van der Waals surface area contributed by atoms with Crippen molar-refractivity contribution >= 4 is 29.1 Å². The molecular formula is C24H22N2O3. The first-order valence-corrected chi connectivity index (χ1v) is 10.1. The molecule has 4 atom stereocenters. The second kappa shape index (κ2) is 6.69.